The van der Waals surface area contributed by atoms with Gasteiger partial charge in [-0.05, 0) is 58.2 Å². The molecule has 2 aliphatic heterocycles. The minimum Gasteiger partial charge on any atom is -0.488 e. The van der Waals surface area contributed by atoms with Crippen molar-refractivity contribution < 1.29 is 23.8 Å². The van der Waals surface area contributed by atoms with Crippen LogP contribution in [0.3, 0.4) is 0 Å². The van der Waals surface area contributed by atoms with Crippen LogP contribution < -0.4 is 4.74 Å². The van der Waals surface area contributed by atoms with Crippen molar-refractivity contribution >= 4 is 12.1 Å². The molecule has 1 aromatic rings. The monoisotopic (exact) mass is 373 g/mol. The zero-order valence-electron chi connectivity index (χ0n) is 16.2. The number of hydrogen-bond donors (Lipinski definition) is 0. The third-order valence-corrected chi connectivity index (χ3v) is 5.88. The average Bonchev–Trinajstić information content (AvgIpc) is 2.92. The van der Waals surface area contributed by atoms with E-state index in [9.17, 15) is 9.59 Å². The molecule has 0 radical (unpaired) electrons. The van der Waals surface area contributed by atoms with Crippen molar-refractivity contribution in [2.45, 2.75) is 64.8 Å². The van der Waals surface area contributed by atoms with Crippen LogP contribution in [0.4, 0.5) is 4.79 Å². The molecule has 1 saturated heterocycles. The number of cyclic esters (lactones) is 1. The van der Waals surface area contributed by atoms with Crippen LogP contribution in [0.2, 0.25) is 0 Å². The SMILES string of the molecule is CC(C)(C)OC(=O)N1CCC2(CCC2)[C@@H](Oc2ccc3c(c2)COC3=O)C1. The fraction of sp³-hybridized carbons (Fsp3) is 0.619. The first-order valence-electron chi connectivity index (χ1n) is 9.70. The van der Waals surface area contributed by atoms with E-state index < -0.39 is 5.60 Å². The summed E-state index contributed by atoms with van der Waals surface area (Å²) in [5.74, 6) is 0.454. The molecule has 1 spiro atoms. The third kappa shape index (κ3) is 3.49. The van der Waals surface area contributed by atoms with Crippen LogP contribution in [0.1, 0.15) is 62.4 Å². The number of nitrogens with zero attached hydrogens (tertiary/aromatic N) is 1. The molecule has 0 bridgehead atoms. The molecule has 27 heavy (non-hydrogen) atoms. The Balaban J connectivity index is 1.50. The molecule has 4 rings (SSSR count). The minimum absolute atomic E-state index is 0.0661. The number of amides is 1. The summed E-state index contributed by atoms with van der Waals surface area (Å²) in [5, 5.41) is 0. The Labute approximate surface area is 159 Å². The molecule has 0 unspecified atom stereocenters. The summed E-state index contributed by atoms with van der Waals surface area (Å²) in [6.45, 7) is 7.17. The van der Waals surface area contributed by atoms with E-state index in [1.54, 1.807) is 11.0 Å². The van der Waals surface area contributed by atoms with Crippen LogP contribution in [-0.4, -0.2) is 41.8 Å². The smallest absolute Gasteiger partial charge is 0.410 e. The Bertz CT molecular complexity index is 762. The first kappa shape index (κ1) is 18.1. The van der Waals surface area contributed by atoms with Crippen LogP contribution in [0.25, 0.3) is 0 Å². The molecule has 6 nitrogen and oxygen atoms in total. The Hall–Kier alpha value is -2.24. The molecule has 2 heterocycles. The van der Waals surface area contributed by atoms with Crippen molar-refractivity contribution in [2.75, 3.05) is 13.1 Å². The second-order valence-electron chi connectivity index (χ2n) is 8.89. The highest BCUT2D eigenvalue weighted by atomic mass is 16.6. The van der Waals surface area contributed by atoms with Crippen molar-refractivity contribution in [1.82, 2.24) is 4.90 Å². The molecule has 1 atom stereocenters. The maximum Gasteiger partial charge on any atom is 0.410 e. The van der Waals surface area contributed by atoms with Crippen LogP contribution in [0.15, 0.2) is 18.2 Å². The number of esters is 1. The molecule has 6 heteroatoms. The fourth-order valence-corrected chi connectivity index (χ4v) is 4.21. The Morgan fingerprint density at radius 2 is 2.04 bits per heavy atom. The highest BCUT2D eigenvalue weighted by molar-refractivity contribution is 5.93. The van der Waals surface area contributed by atoms with Crippen LogP contribution in [0.5, 0.6) is 5.75 Å². The topological polar surface area (TPSA) is 65.1 Å². The van der Waals surface area contributed by atoms with Gasteiger partial charge in [0.15, 0.2) is 0 Å². The van der Waals surface area contributed by atoms with E-state index in [0.29, 0.717) is 25.3 Å². The third-order valence-electron chi connectivity index (χ3n) is 5.88. The van der Waals surface area contributed by atoms with Gasteiger partial charge in [-0.25, -0.2) is 9.59 Å². The number of ether oxygens (including phenoxy) is 3. The largest absolute Gasteiger partial charge is 0.488 e. The summed E-state index contributed by atoms with van der Waals surface area (Å²) in [7, 11) is 0. The van der Waals surface area contributed by atoms with E-state index in [4.69, 9.17) is 14.2 Å². The maximum absolute atomic E-state index is 12.5. The molecule has 1 aliphatic carbocycles. The maximum atomic E-state index is 12.5. The second-order valence-corrected chi connectivity index (χ2v) is 8.89. The van der Waals surface area contributed by atoms with E-state index in [2.05, 4.69) is 0 Å². The molecule has 0 aromatic heterocycles. The predicted molar refractivity (Wildman–Crippen MR) is 98.7 cm³/mol. The summed E-state index contributed by atoms with van der Waals surface area (Å²) in [6, 6.07) is 5.48. The number of hydrogen-bond acceptors (Lipinski definition) is 5. The van der Waals surface area contributed by atoms with Gasteiger partial charge in [0, 0.05) is 17.5 Å². The number of rotatable bonds is 2. The predicted octanol–water partition coefficient (Wildman–Crippen LogP) is 3.92. The van der Waals surface area contributed by atoms with Gasteiger partial charge < -0.3 is 19.1 Å². The number of piperidine rings is 1. The molecule has 1 amide bonds. The van der Waals surface area contributed by atoms with E-state index in [0.717, 1.165) is 30.6 Å². The fourth-order valence-electron chi connectivity index (χ4n) is 4.21. The van der Waals surface area contributed by atoms with Crippen LogP contribution >= 0.6 is 0 Å². The van der Waals surface area contributed by atoms with E-state index in [1.807, 2.05) is 32.9 Å². The quantitative estimate of drug-likeness (QED) is 0.735. The standard InChI is InChI=1S/C21H27NO5/c1-20(2,3)27-19(24)22-10-9-21(7-4-8-21)17(12-22)26-15-5-6-16-14(11-15)13-25-18(16)23/h5-6,11,17H,4,7-10,12-13H2,1-3H3/t17-/m0/s1. The number of benzene rings is 1. The highest BCUT2D eigenvalue weighted by Crippen LogP contribution is 2.50. The lowest BCUT2D eigenvalue weighted by Crippen LogP contribution is -2.58. The second kappa shape index (κ2) is 6.43. The number of carbonyl (C=O) groups excluding carboxylic acids is 2. The van der Waals surface area contributed by atoms with Crippen LogP contribution in [0, 0.1) is 5.41 Å². The van der Waals surface area contributed by atoms with Crippen molar-refractivity contribution in [3.8, 4) is 5.75 Å². The summed E-state index contributed by atoms with van der Waals surface area (Å²) in [6.07, 6.45) is 4.06. The Morgan fingerprint density at radius 1 is 1.26 bits per heavy atom. The molecule has 0 N–H and O–H groups in total. The van der Waals surface area contributed by atoms with Gasteiger partial charge in [-0.3, -0.25) is 0 Å². The lowest BCUT2D eigenvalue weighted by molar-refractivity contribution is -0.0787. The minimum atomic E-state index is -0.508. The Kier molecular flexibility index (Phi) is 4.32. The van der Waals surface area contributed by atoms with Gasteiger partial charge in [-0.1, -0.05) is 6.42 Å². The van der Waals surface area contributed by atoms with E-state index in [-0.39, 0.29) is 23.6 Å². The normalized spacial score (nSPS) is 23.4. The lowest BCUT2D eigenvalue weighted by Gasteiger charge is -2.52. The Morgan fingerprint density at radius 3 is 2.70 bits per heavy atom. The van der Waals surface area contributed by atoms with Gasteiger partial charge >= 0.3 is 12.1 Å². The van der Waals surface area contributed by atoms with E-state index >= 15 is 0 Å². The molecule has 3 aliphatic rings. The molecule has 1 aromatic carbocycles. The summed E-state index contributed by atoms with van der Waals surface area (Å²) < 4.78 is 17.0. The first-order valence-corrected chi connectivity index (χ1v) is 9.70. The molecular formula is C21H27NO5. The summed E-state index contributed by atoms with van der Waals surface area (Å²) in [4.78, 5) is 25.9. The summed E-state index contributed by atoms with van der Waals surface area (Å²) in [5.41, 5.74) is 1.11. The lowest BCUT2D eigenvalue weighted by atomic mass is 9.61. The van der Waals surface area contributed by atoms with Gasteiger partial charge in [-0.15, -0.1) is 0 Å². The average molecular weight is 373 g/mol. The molecule has 146 valence electrons. The van der Waals surface area contributed by atoms with Gasteiger partial charge in [0.1, 0.15) is 24.1 Å². The van der Waals surface area contributed by atoms with Crippen molar-refractivity contribution in [2.24, 2.45) is 5.41 Å². The zero-order chi connectivity index (χ0) is 19.2. The van der Waals surface area contributed by atoms with Crippen LogP contribution in [-0.2, 0) is 16.1 Å². The number of carbonyl (C=O) groups is 2. The summed E-state index contributed by atoms with van der Waals surface area (Å²) >= 11 is 0. The number of fused-ring (bicyclic) bond motifs is 1. The van der Waals surface area contributed by atoms with E-state index in [1.165, 1.54) is 6.42 Å². The van der Waals surface area contributed by atoms with Gasteiger partial charge in [0.05, 0.1) is 12.1 Å². The van der Waals surface area contributed by atoms with Crippen molar-refractivity contribution in [3.05, 3.63) is 29.3 Å². The molecule has 1 saturated carbocycles. The molecule has 2 fully saturated rings. The van der Waals surface area contributed by atoms with Gasteiger partial charge in [0.25, 0.3) is 0 Å². The zero-order valence-corrected chi connectivity index (χ0v) is 16.2. The van der Waals surface area contributed by atoms with Gasteiger partial charge in [-0.2, -0.15) is 0 Å². The first-order chi connectivity index (χ1) is 12.8. The van der Waals surface area contributed by atoms with Crippen molar-refractivity contribution in [1.29, 1.82) is 0 Å². The van der Waals surface area contributed by atoms with Crippen molar-refractivity contribution in [3.63, 3.8) is 0 Å². The molecular weight excluding hydrogens is 346 g/mol. The number of likely N-dealkylation sites (tertiary alicyclic amines) is 1. The van der Waals surface area contributed by atoms with Gasteiger partial charge in [0.2, 0.25) is 0 Å². The highest BCUT2D eigenvalue weighted by Gasteiger charge is 2.50.